The maximum Gasteiger partial charge on any atom is 0.237 e. The average Bonchev–Trinajstić information content (AvgIpc) is 3.28. The molecule has 0 radical (unpaired) electrons. The summed E-state index contributed by atoms with van der Waals surface area (Å²) in [7, 11) is 0. The maximum absolute atomic E-state index is 13.0. The molecule has 3 aromatic carbocycles. The van der Waals surface area contributed by atoms with E-state index in [1.807, 2.05) is 66.9 Å². The fraction of sp³-hybridized carbons (Fsp3) is 0.185. The molecule has 0 unspecified atom stereocenters. The highest BCUT2D eigenvalue weighted by atomic mass is 79.9. The van der Waals surface area contributed by atoms with E-state index in [2.05, 4.69) is 31.4 Å². The van der Waals surface area contributed by atoms with Crippen LogP contribution in [0.3, 0.4) is 0 Å². The predicted octanol–water partition coefficient (Wildman–Crippen LogP) is 6.42. The number of Topliss-reactive ketones (excluding diaryl/α,β-unsaturated/α-hetero) is 1. The van der Waals surface area contributed by atoms with Gasteiger partial charge < -0.3 is 10.1 Å². The lowest BCUT2D eigenvalue weighted by Crippen LogP contribution is -2.23. The molecule has 0 bridgehead atoms. The van der Waals surface area contributed by atoms with E-state index in [1.165, 1.54) is 18.7 Å². The molecule has 0 spiro atoms. The minimum absolute atomic E-state index is 0.0579. The molecule has 1 heterocycles. The first kappa shape index (κ1) is 25.7. The van der Waals surface area contributed by atoms with Crippen molar-refractivity contribution in [1.82, 2.24) is 14.8 Å². The van der Waals surface area contributed by atoms with Crippen LogP contribution >= 0.6 is 27.7 Å². The van der Waals surface area contributed by atoms with Crippen LogP contribution in [0.1, 0.15) is 31.1 Å². The second-order valence-electron chi connectivity index (χ2n) is 7.96. The van der Waals surface area contributed by atoms with E-state index in [9.17, 15) is 9.59 Å². The fourth-order valence-corrected chi connectivity index (χ4v) is 4.63. The summed E-state index contributed by atoms with van der Waals surface area (Å²) < 4.78 is 8.49. The molecule has 184 valence electrons. The number of rotatable bonds is 9. The third-order valence-corrected chi connectivity index (χ3v) is 6.90. The quantitative estimate of drug-likeness (QED) is 0.186. The zero-order valence-corrected chi connectivity index (χ0v) is 22.5. The van der Waals surface area contributed by atoms with Gasteiger partial charge in [-0.2, -0.15) is 0 Å². The summed E-state index contributed by atoms with van der Waals surface area (Å²) >= 11 is 4.78. The summed E-state index contributed by atoms with van der Waals surface area (Å²) in [5, 5.41) is 11.9. The Hall–Kier alpha value is -3.43. The Labute approximate surface area is 222 Å². The number of ether oxygens (including phenoxy) is 1. The molecule has 1 atom stereocenters. The summed E-state index contributed by atoms with van der Waals surface area (Å²) in [6.45, 7) is 5.83. The number of nitrogens with one attached hydrogen (secondary N) is 1. The number of nitrogens with zero attached hydrogens (tertiary/aromatic N) is 3. The van der Waals surface area contributed by atoms with Crippen LogP contribution in [0.5, 0.6) is 5.75 Å². The van der Waals surface area contributed by atoms with Crippen molar-refractivity contribution < 1.29 is 14.3 Å². The topological polar surface area (TPSA) is 86.1 Å². The lowest BCUT2D eigenvalue weighted by molar-refractivity contribution is -0.115. The van der Waals surface area contributed by atoms with Crippen molar-refractivity contribution in [2.75, 3.05) is 11.9 Å². The monoisotopic (exact) mass is 564 g/mol. The summed E-state index contributed by atoms with van der Waals surface area (Å²) in [5.74, 6) is 1.18. The number of ketones is 1. The normalized spacial score (nSPS) is 11.7. The molecule has 1 amide bonds. The molecule has 4 aromatic rings. The number of carbonyl (C=O) groups is 2. The second kappa shape index (κ2) is 11.5. The Bertz CT molecular complexity index is 1370. The first-order valence-corrected chi connectivity index (χ1v) is 13.1. The Morgan fingerprint density at radius 2 is 1.78 bits per heavy atom. The SMILES string of the molecule is CCOc1ccc(-n2c(S[C@H](C)C(=O)Nc3cccc(C(C)=O)c3)nnc2-c2ccc(Br)cc2)cc1. The molecule has 36 heavy (non-hydrogen) atoms. The lowest BCUT2D eigenvalue weighted by atomic mass is 10.1. The van der Waals surface area contributed by atoms with E-state index >= 15 is 0 Å². The molecule has 0 aliphatic heterocycles. The van der Waals surface area contributed by atoms with E-state index in [0.29, 0.717) is 28.8 Å². The summed E-state index contributed by atoms with van der Waals surface area (Å²) in [6, 6.07) is 22.4. The molecule has 0 aliphatic carbocycles. The zero-order chi connectivity index (χ0) is 25.7. The van der Waals surface area contributed by atoms with E-state index in [4.69, 9.17) is 4.74 Å². The van der Waals surface area contributed by atoms with E-state index < -0.39 is 5.25 Å². The highest BCUT2D eigenvalue weighted by molar-refractivity contribution is 9.10. The Balaban J connectivity index is 1.63. The lowest BCUT2D eigenvalue weighted by Gasteiger charge is -2.15. The van der Waals surface area contributed by atoms with Gasteiger partial charge in [0.1, 0.15) is 5.75 Å². The Morgan fingerprint density at radius 3 is 2.44 bits per heavy atom. The number of thioether (sulfide) groups is 1. The summed E-state index contributed by atoms with van der Waals surface area (Å²) in [5.41, 5.74) is 2.86. The fourth-order valence-electron chi connectivity index (χ4n) is 3.49. The number of benzene rings is 3. The number of hydrogen-bond acceptors (Lipinski definition) is 6. The molecule has 0 aliphatic rings. The van der Waals surface area contributed by atoms with Crippen molar-refractivity contribution in [2.45, 2.75) is 31.2 Å². The highest BCUT2D eigenvalue weighted by Gasteiger charge is 2.22. The van der Waals surface area contributed by atoms with Crippen LogP contribution in [-0.4, -0.2) is 38.3 Å². The summed E-state index contributed by atoms with van der Waals surface area (Å²) in [4.78, 5) is 24.7. The molecular formula is C27H25BrN4O3S. The molecule has 1 N–H and O–H groups in total. The van der Waals surface area contributed by atoms with Gasteiger partial charge in [0.15, 0.2) is 16.8 Å². The molecule has 4 rings (SSSR count). The minimum Gasteiger partial charge on any atom is -0.494 e. The number of amides is 1. The van der Waals surface area contributed by atoms with Crippen LogP contribution in [0.15, 0.2) is 82.4 Å². The van der Waals surface area contributed by atoms with Crippen molar-refractivity contribution in [3.8, 4) is 22.8 Å². The number of halogens is 1. The molecule has 0 fully saturated rings. The first-order valence-electron chi connectivity index (χ1n) is 11.4. The van der Waals surface area contributed by atoms with Crippen LogP contribution in [0.4, 0.5) is 5.69 Å². The Morgan fingerprint density at radius 1 is 1.06 bits per heavy atom. The third kappa shape index (κ3) is 6.03. The van der Waals surface area contributed by atoms with Gasteiger partial charge in [0.25, 0.3) is 0 Å². The van der Waals surface area contributed by atoms with Gasteiger partial charge in [-0.1, -0.05) is 52.0 Å². The molecular weight excluding hydrogens is 540 g/mol. The van der Waals surface area contributed by atoms with Gasteiger partial charge in [-0.25, -0.2) is 0 Å². The number of anilines is 1. The van der Waals surface area contributed by atoms with E-state index in [1.54, 1.807) is 24.3 Å². The molecule has 7 nitrogen and oxygen atoms in total. The maximum atomic E-state index is 13.0. The predicted molar refractivity (Wildman–Crippen MR) is 146 cm³/mol. The van der Waals surface area contributed by atoms with Gasteiger partial charge in [-0.3, -0.25) is 14.2 Å². The van der Waals surface area contributed by atoms with Gasteiger partial charge >= 0.3 is 0 Å². The minimum atomic E-state index is -0.477. The van der Waals surface area contributed by atoms with Crippen molar-refractivity contribution >= 4 is 45.1 Å². The molecule has 1 aromatic heterocycles. The van der Waals surface area contributed by atoms with Crippen LogP contribution in [-0.2, 0) is 4.79 Å². The van der Waals surface area contributed by atoms with Crippen LogP contribution < -0.4 is 10.1 Å². The van der Waals surface area contributed by atoms with Gasteiger partial charge in [0.2, 0.25) is 5.91 Å². The number of hydrogen-bond donors (Lipinski definition) is 1. The van der Waals surface area contributed by atoms with Crippen molar-refractivity contribution in [3.05, 3.63) is 82.8 Å². The van der Waals surface area contributed by atoms with Crippen LogP contribution in [0.25, 0.3) is 17.1 Å². The van der Waals surface area contributed by atoms with Crippen molar-refractivity contribution in [2.24, 2.45) is 0 Å². The van der Waals surface area contributed by atoms with Gasteiger partial charge in [-0.05, 0) is 69.3 Å². The number of aromatic nitrogens is 3. The van der Waals surface area contributed by atoms with Gasteiger partial charge in [-0.15, -0.1) is 10.2 Å². The van der Waals surface area contributed by atoms with Gasteiger partial charge in [0.05, 0.1) is 11.9 Å². The smallest absolute Gasteiger partial charge is 0.237 e. The van der Waals surface area contributed by atoms with E-state index in [-0.39, 0.29) is 11.7 Å². The highest BCUT2D eigenvalue weighted by Crippen LogP contribution is 2.32. The van der Waals surface area contributed by atoms with Crippen LogP contribution in [0.2, 0.25) is 0 Å². The van der Waals surface area contributed by atoms with Gasteiger partial charge in [0, 0.05) is 27.0 Å². The van der Waals surface area contributed by atoms with Crippen LogP contribution in [0, 0.1) is 0 Å². The Kier molecular flexibility index (Phi) is 8.22. The molecule has 0 saturated carbocycles. The van der Waals surface area contributed by atoms with Crippen molar-refractivity contribution in [3.63, 3.8) is 0 Å². The average molecular weight is 565 g/mol. The van der Waals surface area contributed by atoms with Crippen molar-refractivity contribution in [1.29, 1.82) is 0 Å². The number of carbonyl (C=O) groups excluding carboxylic acids is 2. The first-order chi connectivity index (χ1) is 17.4. The second-order valence-corrected chi connectivity index (χ2v) is 10.2. The largest absolute Gasteiger partial charge is 0.494 e. The van der Waals surface area contributed by atoms with E-state index in [0.717, 1.165) is 21.5 Å². The molecule has 0 saturated heterocycles. The third-order valence-electron chi connectivity index (χ3n) is 5.33. The summed E-state index contributed by atoms with van der Waals surface area (Å²) in [6.07, 6.45) is 0. The zero-order valence-electron chi connectivity index (χ0n) is 20.1. The molecule has 9 heteroatoms. The standard InChI is InChI=1S/C27H25BrN4O3S/c1-4-35-24-14-12-23(13-15-24)32-25(19-8-10-21(28)11-9-19)30-31-27(32)36-18(3)26(34)29-22-7-5-6-20(16-22)17(2)33/h5-16,18H,4H2,1-3H3,(H,29,34)/t18-/m1/s1.